The van der Waals surface area contributed by atoms with E-state index < -0.39 is 0 Å². The van der Waals surface area contributed by atoms with Gasteiger partial charge in [0.1, 0.15) is 5.65 Å². The van der Waals surface area contributed by atoms with E-state index in [2.05, 4.69) is 25.8 Å². The number of Topliss-reactive ketones (excluding diaryl/α,β-unsaturated/α-hetero) is 1. The quantitative estimate of drug-likeness (QED) is 0.687. The minimum atomic E-state index is 0.0000784. The molecule has 0 bridgehead atoms. The lowest BCUT2D eigenvalue weighted by Gasteiger charge is -2.13. The third kappa shape index (κ3) is 1.73. The molecule has 0 N–H and O–H groups in total. The Hall–Kier alpha value is -1.64. The van der Waals surface area contributed by atoms with Gasteiger partial charge in [-0.15, -0.1) is 0 Å². The largest absolute Gasteiger partial charge is 0.306 e. The zero-order valence-corrected chi connectivity index (χ0v) is 10.1. The van der Waals surface area contributed by atoms with Gasteiger partial charge >= 0.3 is 0 Å². The zero-order valence-electron chi connectivity index (χ0n) is 10.1. The van der Waals surface area contributed by atoms with E-state index in [0.717, 1.165) is 11.3 Å². The normalized spacial score (nSPS) is 12.0. The second-order valence-electron chi connectivity index (χ2n) is 5.09. The molecule has 0 aliphatic rings. The molecule has 0 aliphatic carbocycles. The molecule has 3 nitrogen and oxygen atoms in total. The van der Waals surface area contributed by atoms with Gasteiger partial charge in [0.05, 0.1) is 11.3 Å². The summed E-state index contributed by atoms with van der Waals surface area (Å²) < 4.78 is 1.91. The molecule has 0 saturated heterocycles. The van der Waals surface area contributed by atoms with Crippen molar-refractivity contribution in [2.75, 3.05) is 0 Å². The molecule has 0 aromatic carbocycles. The first kappa shape index (κ1) is 10.9. The summed E-state index contributed by atoms with van der Waals surface area (Å²) in [4.78, 5) is 16.0. The van der Waals surface area contributed by atoms with Crippen molar-refractivity contribution in [3.63, 3.8) is 0 Å². The monoisotopic (exact) mass is 216 g/mol. The van der Waals surface area contributed by atoms with E-state index in [9.17, 15) is 4.79 Å². The number of aromatic nitrogens is 2. The first-order valence-corrected chi connectivity index (χ1v) is 5.39. The van der Waals surface area contributed by atoms with Crippen LogP contribution in [0.25, 0.3) is 5.65 Å². The van der Waals surface area contributed by atoms with Crippen molar-refractivity contribution in [2.45, 2.75) is 33.1 Å². The van der Waals surface area contributed by atoms with E-state index in [0.29, 0.717) is 5.56 Å². The van der Waals surface area contributed by atoms with Crippen molar-refractivity contribution < 1.29 is 4.79 Å². The van der Waals surface area contributed by atoms with E-state index >= 15 is 0 Å². The van der Waals surface area contributed by atoms with Crippen LogP contribution in [0.4, 0.5) is 0 Å². The van der Waals surface area contributed by atoms with Crippen molar-refractivity contribution in [3.8, 4) is 0 Å². The number of carbonyl (C=O) groups excluding carboxylic acids is 1. The van der Waals surface area contributed by atoms with E-state index in [1.54, 1.807) is 6.92 Å². The number of nitrogens with zero attached hydrogens (tertiary/aromatic N) is 2. The molecule has 0 saturated carbocycles. The predicted molar refractivity (Wildman–Crippen MR) is 63.9 cm³/mol. The molecular formula is C13H16N2O. The molecule has 0 radical (unpaired) electrons. The number of rotatable bonds is 1. The van der Waals surface area contributed by atoms with E-state index in [1.165, 1.54) is 0 Å². The van der Waals surface area contributed by atoms with Gasteiger partial charge in [0.2, 0.25) is 0 Å². The highest BCUT2D eigenvalue weighted by atomic mass is 16.1. The summed E-state index contributed by atoms with van der Waals surface area (Å²) in [5.74, 6) is 0.0525. The van der Waals surface area contributed by atoms with Gasteiger partial charge < -0.3 is 4.40 Å². The fraction of sp³-hybridized carbons (Fsp3) is 0.385. The van der Waals surface area contributed by atoms with Crippen molar-refractivity contribution in [1.82, 2.24) is 9.38 Å². The number of ketones is 1. The lowest BCUT2D eigenvalue weighted by Crippen LogP contribution is -2.11. The Morgan fingerprint density at radius 2 is 2.06 bits per heavy atom. The van der Waals surface area contributed by atoms with Crippen molar-refractivity contribution in [1.29, 1.82) is 0 Å². The van der Waals surface area contributed by atoms with Crippen LogP contribution in [-0.4, -0.2) is 15.2 Å². The third-order valence-electron chi connectivity index (χ3n) is 2.63. The van der Waals surface area contributed by atoms with E-state index in [1.807, 2.05) is 28.9 Å². The molecule has 2 rings (SSSR count). The van der Waals surface area contributed by atoms with Crippen molar-refractivity contribution in [3.05, 3.63) is 35.8 Å². The average Bonchev–Trinajstić information content (AvgIpc) is 2.59. The summed E-state index contributed by atoms with van der Waals surface area (Å²) >= 11 is 0. The number of hydrogen-bond donors (Lipinski definition) is 0. The number of pyridine rings is 1. The van der Waals surface area contributed by atoms with Gasteiger partial charge in [-0.2, -0.15) is 0 Å². The van der Waals surface area contributed by atoms with Gasteiger partial charge in [0, 0.05) is 17.8 Å². The average molecular weight is 216 g/mol. The highest BCUT2D eigenvalue weighted by Gasteiger charge is 2.19. The second-order valence-corrected chi connectivity index (χ2v) is 5.09. The Kier molecular flexibility index (Phi) is 2.34. The molecule has 84 valence electrons. The topological polar surface area (TPSA) is 34.4 Å². The van der Waals surface area contributed by atoms with Gasteiger partial charge in [-0.1, -0.05) is 20.8 Å². The number of hydrogen-bond acceptors (Lipinski definition) is 2. The minimum absolute atomic E-state index is 0.0000784. The van der Waals surface area contributed by atoms with Crippen molar-refractivity contribution >= 4 is 11.4 Å². The summed E-state index contributed by atoms with van der Waals surface area (Å²) in [6.07, 6.45) is 3.91. The van der Waals surface area contributed by atoms with Gasteiger partial charge in [0.25, 0.3) is 0 Å². The Balaban J connectivity index is 2.71. The maximum absolute atomic E-state index is 11.5. The number of carbonyl (C=O) groups is 1. The molecule has 3 heteroatoms. The number of imidazole rings is 1. The Morgan fingerprint density at radius 3 is 2.62 bits per heavy atom. The molecule has 2 aromatic heterocycles. The maximum atomic E-state index is 11.5. The summed E-state index contributed by atoms with van der Waals surface area (Å²) in [6.45, 7) is 7.91. The zero-order chi connectivity index (χ0) is 11.9. The van der Waals surface area contributed by atoms with E-state index in [-0.39, 0.29) is 11.2 Å². The van der Waals surface area contributed by atoms with Crippen LogP contribution in [0, 0.1) is 0 Å². The summed E-state index contributed by atoms with van der Waals surface area (Å²) in [5.41, 5.74) is 2.43. The SMILES string of the molecule is CC(=O)c1cccn2cc(C(C)(C)C)nc12. The molecule has 0 aliphatic heterocycles. The van der Waals surface area contributed by atoms with Crippen LogP contribution in [-0.2, 0) is 5.41 Å². The summed E-state index contributed by atoms with van der Waals surface area (Å²) in [7, 11) is 0. The lowest BCUT2D eigenvalue weighted by molar-refractivity contribution is 0.101. The molecule has 0 atom stereocenters. The van der Waals surface area contributed by atoms with Crippen LogP contribution >= 0.6 is 0 Å². The minimum Gasteiger partial charge on any atom is -0.306 e. The molecule has 0 amide bonds. The first-order chi connectivity index (χ1) is 7.39. The summed E-state index contributed by atoms with van der Waals surface area (Å²) in [5, 5.41) is 0. The fourth-order valence-corrected chi connectivity index (χ4v) is 1.65. The van der Waals surface area contributed by atoms with Crippen molar-refractivity contribution in [2.24, 2.45) is 0 Å². The Morgan fingerprint density at radius 1 is 1.38 bits per heavy atom. The molecule has 16 heavy (non-hydrogen) atoms. The molecule has 0 fully saturated rings. The van der Waals surface area contributed by atoms with Gasteiger partial charge in [-0.05, 0) is 19.1 Å². The van der Waals surface area contributed by atoms with Crippen LogP contribution in [0.5, 0.6) is 0 Å². The molecule has 2 heterocycles. The van der Waals surface area contributed by atoms with Gasteiger partial charge in [-0.3, -0.25) is 4.79 Å². The smallest absolute Gasteiger partial charge is 0.163 e. The summed E-state index contributed by atoms with van der Waals surface area (Å²) in [6, 6.07) is 3.69. The highest BCUT2D eigenvalue weighted by molar-refractivity contribution is 5.99. The Labute approximate surface area is 95.1 Å². The molecule has 2 aromatic rings. The van der Waals surface area contributed by atoms with Gasteiger partial charge in [0.15, 0.2) is 5.78 Å². The second kappa shape index (κ2) is 3.44. The maximum Gasteiger partial charge on any atom is 0.163 e. The highest BCUT2D eigenvalue weighted by Crippen LogP contribution is 2.22. The van der Waals surface area contributed by atoms with Gasteiger partial charge in [-0.25, -0.2) is 4.98 Å². The molecule has 0 unspecified atom stereocenters. The fourth-order valence-electron chi connectivity index (χ4n) is 1.65. The van der Waals surface area contributed by atoms with Crippen LogP contribution in [0.1, 0.15) is 43.7 Å². The van der Waals surface area contributed by atoms with Crippen LogP contribution < -0.4 is 0 Å². The van der Waals surface area contributed by atoms with Crippen LogP contribution in [0.3, 0.4) is 0 Å². The lowest BCUT2D eigenvalue weighted by atomic mass is 9.93. The predicted octanol–water partition coefficient (Wildman–Crippen LogP) is 2.83. The molecular weight excluding hydrogens is 200 g/mol. The van der Waals surface area contributed by atoms with Crippen LogP contribution in [0.15, 0.2) is 24.5 Å². The molecule has 0 spiro atoms. The Bertz CT molecular complexity index is 547. The first-order valence-electron chi connectivity index (χ1n) is 5.39. The standard InChI is InChI=1S/C13H16N2O/c1-9(16)10-6-5-7-15-8-11(13(2,3)4)14-12(10)15/h5-8H,1-4H3. The van der Waals surface area contributed by atoms with Crippen LogP contribution in [0.2, 0.25) is 0 Å². The third-order valence-corrected chi connectivity index (χ3v) is 2.63. The number of fused-ring (bicyclic) bond motifs is 1. The van der Waals surface area contributed by atoms with E-state index in [4.69, 9.17) is 0 Å².